The second kappa shape index (κ2) is 5.04. The highest BCUT2D eigenvalue weighted by atomic mass is 32.1. The predicted octanol–water partition coefficient (Wildman–Crippen LogP) is 5.15. The van der Waals surface area contributed by atoms with E-state index in [1.807, 2.05) is 68.6 Å². The van der Waals surface area contributed by atoms with Crippen molar-refractivity contribution in [3.05, 3.63) is 47.8 Å². The Kier molecular flexibility index (Phi) is 3.33. The van der Waals surface area contributed by atoms with Gasteiger partial charge in [-0.25, -0.2) is 9.36 Å². The summed E-state index contributed by atoms with van der Waals surface area (Å²) >= 11 is 1.62. The molecule has 0 spiro atoms. The molecule has 2 aromatic heterocycles. The summed E-state index contributed by atoms with van der Waals surface area (Å²) in [7, 11) is 0. The maximum atomic E-state index is 12.6. The fraction of sp³-hybridized carbons (Fsp3) is 0.235. The Labute approximate surface area is 127 Å². The number of aromatic nitrogens is 1. The first-order chi connectivity index (χ1) is 9.96. The topological polar surface area (TPSA) is 31.2 Å². The van der Waals surface area contributed by atoms with Crippen molar-refractivity contribution in [1.29, 1.82) is 0 Å². The Morgan fingerprint density at radius 3 is 2.52 bits per heavy atom. The van der Waals surface area contributed by atoms with Gasteiger partial charge in [0.25, 0.3) is 0 Å². The monoisotopic (exact) mass is 299 g/mol. The van der Waals surface area contributed by atoms with E-state index in [0.717, 1.165) is 21.5 Å². The minimum atomic E-state index is -0.516. The van der Waals surface area contributed by atoms with Crippen molar-refractivity contribution in [1.82, 2.24) is 4.57 Å². The Morgan fingerprint density at radius 2 is 1.86 bits per heavy atom. The van der Waals surface area contributed by atoms with Crippen LogP contribution >= 0.6 is 11.3 Å². The standard InChI is InChI=1S/C17H17NO2S/c1-17(2,3)20-16(19)18-13-9-10-21-15(13)11-14(18)12-7-5-4-6-8-12/h4-11H,1-3H3. The van der Waals surface area contributed by atoms with E-state index in [1.54, 1.807) is 15.9 Å². The molecule has 0 bridgehead atoms. The van der Waals surface area contributed by atoms with Gasteiger partial charge in [0.15, 0.2) is 0 Å². The third-order valence-electron chi connectivity index (χ3n) is 3.07. The van der Waals surface area contributed by atoms with Gasteiger partial charge in [-0.2, -0.15) is 0 Å². The van der Waals surface area contributed by atoms with Crippen molar-refractivity contribution >= 4 is 27.6 Å². The smallest absolute Gasteiger partial charge is 0.419 e. The van der Waals surface area contributed by atoms with Crippen LogP contribution in [0.5, 0.6) is 0 Å². The Hall–Kier alpha value is -2.07. The van der Waals surface area contributed by atoms with E-state index < -0.39 is 5.60 Å². The molecule has 3 aromatic rings. The summed E-state index contributed by atoms with van der Waals surface area (Å²) in [5.74, 6) is 0. The van der Waals surface area contributed by atoms with Crippen LogP contribution < -0.4 is 0 Å². The molecule has 1 aromatic carbocycles. The van der Waals surface area contributed by atoms with Gasteiger partial charge in [-0.05, 0) is 43.8 Å². The molecular formula is C17H17NO2S. The van der Waals surface area contributed by atoms with Crippen LogP contribution in [0.4, 0.5) is 4.79 Å². The lowest BCUT2D eigenvalue weighted by molar-refractivity contribution is 0.0547. The van der Waals surface area contributed by atoms with Crippen LogP contribution in [-0.4, -0.2) is 16.3 Å². The van der Waals surface area contributed by atoms with Crippen LogP contribution in [0.3, 0.4) is 0 Å². The average molecular weight is 299 g/mol. The van der Waals surface area contributed by atoms with Gasteiger partial charge in [0.1, 0.15) is 5.60 Å². The molecule has 21 heavy (non-hydrogen) atoms. The number of hydrogen-bond donors (Lipinski definition) is 0. The second-order valence-electron chi connectivity index (χ2n) is 5.88. The summed E-state index contributed by atoms with van der Waals surface area (Å²) < 4.78 is 8.29. The predicted molar refractivity (Wildman–Crippen MR) is 86.9 cm³/mol. The fourth-order valence-corrected chi connectivity index (χ4v) is 3.05. The molecule has 3 nitrogen and oxygen atoms in total. The van der Waals surface area contributed by atoms with E-state index in [9.17, 15) is 4.79 Å². The molecule has 2 heterocycles. The van der Waals surface area contributed by atoms with Crippen LogP contribution in [0.2, 0.25) is 0 Å². The molecule has 0 aliphatic rings. The van der Waals surface area contributed by atoms with E-state index in [1.165, 1.54) is 0 Å². The fourth-order valence-electron chi connectivity index (χ4n) is 2.25. The number of carbonyl (C=O) groups is 1. The molecule has 0 saturated carbocycles. The van der Waals surface area contributed by atoms with Crippen LogP contribution in [-0.2, 0) is 4.74 Å². The number of nitrogens with zero attached hydrogens (tertiary/aromatic N) is 1. The van der Waals surface area contributed by atoms with E-state index in [4.69, 9.17) is 4.74 Å². The zero-order valence-electron chi connectivity index (χ0n) is 12.3. The molecule has 0 aliphatic carbocycles. The van der Waals surface area contributed by atoms with Crippen molar-refractivity contribution in [2.45, 2.75) is 26.4 Å². The molecule has 3 rings (SSSR count). The Balaban J connectivity index is 2.15. The first-order valence-corrected chi connectivity index (χ1v) is 7.71. The molecule has 0 radical (unpaired) electrons. The number of fused-ring (bicyclic) bond motifs is 1. The van der Waals surface area contributed by atoms with E-state index in [2.05, 4.69) is 0 Å². The van der Waals surface area contributed by atoms with Gasteiger partial charge in [-0.1, -0.05) is 30.3 Å². The van der Waals surface area contributed by atoms with E-state index >= 15 is 0 Å². The number of thiophene rings is 1. The van der Waals surface area contributed by atoms with Gasteiger partial charge < -0.3 is 4.74 Å². The van der Waals surface area contributed by atoms with E-state index in [0.29, 0.717) is 0 Å². The maximum Gasteiger partial charge on any atom is 0.419 e. The average Bonchev–Trinajstić information content (AvgIpc) is 2.97. The lowest BCUT2D eigenvalue weighted by Crippen LogP contribution is -2.27. The van der Waals surface area contributed by atoms with E-state index in [-0.39, 0.29) is 6.09 Å². The number of ether oxygens (including phenoxy) is 1. The molecule has 0 N–H and O–H groups in total. The van der Waals surface area contributed by atoms with Gasteiger partial charge in [0.2, 0.25) is 0 Å². The molecule has 4 heteroatoms. The lowest BCUT2D eigenvalue weighted by Gasteiger charge is -2.20. The first-order valence-electron chi connectivity index (χ1n) is 6.83. The summed E-state index contributed by atoms with van der Waals surface area (Å²) in [5, 5.41) is 1.99. The van der Waals surface area contributed by atoms with Crippen LogP contribution in [0.1, 0.15) is 20.8 Å². The van der Waals surface area contributed by atoms with Gasteiger partial charge in [0, 0.05) is 0 Å². The largest absolute Gasteiger partial charge is 0.443 e. The molecule has 0 aliphatic heterocycles. The number of rotatable bonds is 1. The molecular weight excluding hydrogens is 282 g/mol. The summed E-state index contributed by atoms with van der Waals surface area (Å²) in [6.45, 7) is 5.63. The highest BCUT2D eigenvalue weighted by Gasteiger charge is 2.23. The number of hydrogen-bond acceptors (Lipinski definition) is 3. The molecule has 0 amide bonds. The summed E-state index contributed by atoms with van der Waals surface area (Å²) in [6, 6.07) is 13.9. The zero-order chi connectivity index (χ0) is 15.0. The lowest BCUT2D eigenvalue weighted by atomic mass is 10.1. The zero-order valence-corrected chi connectivity index (χ0v) is 13.1. The van der Waals surface area contributed by atoms with Crippen molar-refractivity contribution in [2.75, 3.05) is 0 Å². The van der Waals surface area contributed by atoms with Crippen molar-refractivity contribution in [2.24, 2.45) is 0 Å². The molecule has 0 atom stereocenters. The number of carbonyl (C=O) groups excluding carboxylic acids is 1. The van der Waals surface area contributed by atoms with Gasteiger partial charge in [-0.3, -0.25) is 0 Å². The quantitative estimate of drug-likeness (QED) is 0.622. The van der Waals surface area contributed by atoms with Gasteiger partial charge in [0.05, 0.1) is 15.9 Å². The number of benzene rings is 1. The van der Waals surface area contributed by atoms with Crippen LogP contribution in [0, 0.1) is 0 Å². The summed E-state index contributed by atoms with van der Waals surface area (Å²) in [6.07, 6.45) is -0.338. The van der Waals surface area contributed by atoms with Crippen LogP contribution in [0.25, 0.3) is 21.5 Å². The molecule has 0 saturated heterocycles. The normalized spacial score (nSPS) is 11.8. The maximum absolute atomic E-state index is 12.6. The molecule has 108 valence electrons. The Morgan fingerprint density at radius 1 is 1.14 bits per heavy atom. The summed E-state index contributed by atoms with van der Waals surface area (Å²) in [4.78, 5) is 12.6. The third kappa shape index (κ3) is 2.72. The SMILES string of the molecule is CC(C)(C)OC(=O)n1c(-c2ccccc2)cc2sccc21. The van der Waals surface area contributed by atoms with Crippen molar-refractivity contribution < 1.29 is 9.53 Å². The Bertz CT molecular complexity index is 778. The molecule has 0 fully saturated rings. The van der Waals surface area contributed by atoms with Crippen molar-refractivity contribution in [3.8, 4) is 11.3 Å². The van der Waals surface area contributed by atoms with Gasteiger partial charge in [-0.15, -0.1) is 11.3 Å². The summed E-state index contributed by atoms with van der Waals surface area (Å²) in [5.41, 5.74) is 2.25. The van der Waals surface area contributed by atoms with Crippen LogP contribution in [0.15, 0.2) is 47.8 Å². The second-order valence-corrected chi connectivity index (χ2v) is 6.83. The van der Waals surface area contributed by atoms with Gasteiger partial charge >= 0.3 is 6.09 Å². The minimum absolute atomic E-state index is 0.338. The van der Waals surface area contributed by atoms with Crippen molar-refractivity contribution in [3.63, 3.8) is 0 Å². The first kappa shape index (κ1) is 13.9. The molecule has 0 unspecified atom stereocenters. The minimum Gasteiger partial charge on any atom is -0.443 e. The highest BCUT2D eigenvalue weighted by molar-refractivity contribution is 7.17. The third-order valence-corrected chi connectivity index (χ3v) is 3.92. The highest BCUT2D eigenvalue weighted by Crippen LogP contribution is 2.32.